The highest BCUT2D eigenvalue weighted by atomic mass is 16.3. The zero-order valence-electron chi connectivity index (χ0n) is 12.9. The third-order valence-corrected chi connectivity index (χ3v) is 3.42. The Kier molecular flexibility index (Phi) is 4.81. The molecule has 0 fully saturated rings. The number of nitrogens with zero attached hydrogens (tertiary/aromatic N) is 3. The van der Waals surface area contributed by atoms with E-state index in [1.54, 1.807) is 30.6 Å². The lowest BCUT2D eigenvalue weighted by Gasteiger charge is -2.07. The number of carbonyl (C=O) groups is 1. The van der Waals surface area contributed by atoms with Crippen molar-refractivity contribution < 1.29 is 9.21 Å². The normalized spacial score (nSPS) is 10.5. The molecular weight excluding hydrogens is 308 g/mol. The van der Waals surface area contributed by atoms with Crippen molar-refractivity contribution in [2.75, 3.05) is 6.54 Å². The lowest BCUT2D eigenvalue weighted by atomic mass is 10.2. The number of pyridine rings is 1. The van der Waals surface area contributed by atoms with E-state index in [1.165, 1.54) is 12.3 Å². The molecule has 3 rings (SSSR count). The van der Waals surface area contributed by atoms with E-state index in [2.05, 4.69) is 15.4 Å². The molecule has 7 heteroatoms. The van der Waals surface area contributed by atoms with E-state index in [-0.39, 0.29) is 18.0 Å². The summed E-state index contributed by atoms with van der Waals surface area (Å²) in [5.74, 6) is 0.275. The van der Waals surface area contributed by atoms with Crippen LogP contribution in [0.4, 0.5) is 0 Å². The SMILES string of the molecule is O=C(Cn1nc(-c2ccco2)ccc1=O)NCCc1ccncc1. The topological polar surface area (TPSA) is 90.0 Å². The quantitative estimate of drug-likeness (QED) is 0.737. The first-order valence-corrected chi connectivity index (χ1v) is 7.50. The summed E-state index contributed by atoms with van der Waals surface area (Å²) in [5.41, 5.74) is 1.25. The van der Waals surface area contributed by atoms with E-state index in [4.69, 9.17) is 4.42 Å². The summed E-state index contributed by atoms with van der Waals surface area (Å²) in [7, 11) is 0. The first-order chi connectivity index (χ1) is 11.7. The fourth-order valence-electron chi connectivity index (χ4n) is 2.21. The van der Waals surface area contributed by atoms with Gasteiger partial charge in [0.2, 0.25) is 5.91 Å². The third kappa shape index (κ3) is 3.95. The Bertz CT molecular complexity index is 857. The van der Waals surface area contributed by atoms with Crippen LogP contribution in [0, 0.1) is 0 Å². The molecular formula is C17H16N4O3. The van der Waals surface area contributed by atoms with Crippen molar-refractivity contribution >= 4 is 5.91 Å². The molecule has 1 N–H and O–H groups in total. The first kappa shape index (κ1) is 15.7. The minimum absolute atomic E-state index is 0.135. The molecule has 0 spiro atoms. The maximum atomic E-state index is 12.0. The maximum absolute atomic E-state index is 12.0. The monoisotopic (exact) mass is 324 g/mol. The molecule has 24 heavy (non-hydrogen) atoms. The average Bonchev–Trinajstić information content (AvgIpc) is 3.12. The second-order valence-electron chi connectivity index (χ2n) is 5.15. The molecule has 0 unspecified atom stereocenters. The van der Waals surface area contributed by atoms with Gasteiger partial charge in [-0.3, -0.25) is 14.6 Å². The molecule has 0 saturated heterocycles. The van der Waals surface area contributed by atoms with E-state index in [9.17, 15) is 9.59 Å². The molecule has 0 aliphatic heterocycles. The van der Waals surface area contributed by atoms with Gasteiger partial charge in [-0.15, -0.1) is 0 Å². The summed E-state index contributed by atoms with van der Waals surface area (Å²) in [6.07, 6.45) is 5.64. The second-order valence-corrected chi connectivity index (χ2v) is 5.15. The van der Waals surface area contributed by atoms with Gasteiger partial charge in [-0.25, -0.2) is 4.68 Å². The van der Waals surface area contributed by atoms with E-state index < -0.39 is 0 Å². The van der Waals surface area contributed by atoms with Gasteiger partial charge in [-0.1, -0.05) is 0 Å². The third-order valence-electron chi connectivity index (χ3n) is 3.42. The Balaban J connectivity index is 1.60. The van der Waals surface area contributed by atoms with Crippen molar-refractivity contribution in [3.63, 3.8) is 0 Å². The van der Waals surface area contributed by atoms with Gasteiger partial charge in [-0.05, 0) is 42.3 Å². The highest BCUT2D eigenvalue weighted by Gasteiger charge is 2.09. The van der Waals surface area contributed by atoms with Crippen LogP contribution in [0.15, 0.2) is 64.3 Å². The Labute approximate surface area is 138 Å². The lowest BCUT2D eigenvalue weighted by molar-refractivity contribution is -0.121. The van der Waals surface area contributed by atoms with Crippen LogP contribution in [0.3, 0.4) is 0 Å². The smallest absolute Gasteiger partial charge is 0.267 e. The van der Waals surface area contributed by atoms with Gasteiger partial charge in [0.15, 0.2) is 5.76 Å². The number of carbonyl (C=O) groups excluding carboxylic acids is 1. The fraction of sp³-hybridized carbons (Fsp3) is 0.176. The molecule has 0 aliphatic rings. The van der Waals surface area contributed by atoms with Gasteiger partial charge in [-0.2, -0.15) is 5.10 Å². The van der Waals surface area contributed by atoms with Crippen LogP contribution in [0.25, 0.3) is 11.5 Å². The lowest BCUT2D eigenvalue weighted by Crippen LogP contribution is -2.34. The van der Waals surface area contributed by atoms with Crippen LogP contribution in [0.1, 0.15) is 5.56 Å². The Morgan fingerprint density at radius 3 is 2.75 bits per heavy atom. The van der Waals surface area contributed by atoms with Crippen molar-refractivity contribution in [2.45, 2.75) is 13.0 Å². The molecule has 3 heterocycles. The van der Waals surface area contributed by atoms with Gasteiger partial charge >= 0.3 is 0 Å². The fourth-order valence-corrected chi connectivity index (χ4v) is 2.21. The minimum Gasteiger partial charge on any atom is -0.463 e. The molecule has 3 aromatic heterocycles. The first-order valence-electron chi connectivity index (χ1n) is 7.50. The van der Waals surface area contributed by atoms with Crippen molar-refractivity contribution in [3.8, 4) is 11.5 Å². The molecule has 3 aromatic rings. The number of rotatable bonds is 6. The molecule has 0 radical (unpaired) electrons. The number of amides is 1. The Morgan fingerprint density at radius 1 is 1.17 bits per heavy atom. The second kappa shape index (κ2) is 7.36. The number of hydrogen-bond donors (Lipinski definition) is 1. The van der Waals surface area contributed by atoms with Crippen molar-refractivity contribution in [1.29, 1.82) is 0 Å². The minimum atomic E-state index is -0.338. The average molecular weight is 324 g/mol. The van der Waals surface area contributed by atoms with E-state index in [0.717, 1.165) is 10.2 Å². The zero-order valence-corrected chi connectivity index (χ0v) is 12.9. The number of nitrogens with one attached hydrogen (secondary N) is 1. The van der Waals surface area contributed by atoms with E-state index in [0.29, 0.717) is 24.4 Å². The molecule has 0 bridgehead atoms. The van der Waals surface area contributed by atoms with Crippen LogP contribution in [0.5, 0.6) is 0 Å². The largest absolute Gasteiger partial charge is 0.463 e. The molecule has 7 nitrogen and oxygen atoms in total. The van der Waals surface area contributed by atoms with Gasteiger partial charge < -0.3 is 9.73 Å². The van der Waals surface area contributed by atoms with Crippen LogP contribution in [-0.4, -0.2) is 27.2 Å². The Hall–Kier alpha value is -3.22. The molecule has 122 valence electrons. The van der Waals surface area contributed by atoms with Crippen LogP contribution >= 0.6 is 0 Å². The highest BCUT2D eigenvalue weighted by molar-refractivity contribution is 5.75. The summed E-state index contributed by atoms with van der Waals surface area (Å²) in [6, 6.07) is 10.2. The number of aromatic nitrogens is 3. The van der Waals surface area contributed by atoms with E-state index in [1.807, 2.05) is 12.1 Å². The molecule has 0 saturated carbocycles. The Morgan fingerprint density at radius 2 is 2.00 bits per heavy atom. The van der Waals surface area contributed by atoms with E-state index >= 15 is 0 Å². The summed E-state index contributed by atoms with van der Waals surface area (Å²) in [4.78, 5) is 27.8. The van der Waals surface area contributed by atoms with Crippen LogP contribution in [-0.2, 0) is 17.8 Å². The van der Waals surface area contributed by atoms with Gasteiger partial charge in [0.25, 0.3) is 5.56 Å². The standard InChI is InChI=1S/C17H16N4O3/c22-16(19-10-7-13-5-8-18-9-6-13)12-21-17(23)4-3-14(20-21)15-2-1-11-24-15/h1-6,8-9,11H,7,10,12H2,(H,19,22). The predicted octanol–water partition coefficient (Wildman–Crippen LogP) is 1.26. The van der Waals surface area contributed by atoms with Crippen molar-refractivity contribution in [1.82, 2.24) is 20.1 Å². The van der Waals surface area contributed by atoms with Gasteiger partial charge in [0, 0.05) is 25.0 Å². The van der Waals surface area contributed by atoms with Gasteiger partial charge in [0.05, 0.1) is 6.26 Å². The summed E-state index contributed by atoms with van der Waals surface area (Å²) >= 11 is 0. The molecule has 0 aromatic carbocycles. The van der Waals surface area contributed by atoms with Crippen molar-refractivity contribution in [3.05, 3.63) is 71.0 Å². The number of furan rings is 1. The molecule has 0 atom stereocenters. The molecule has 1 amide bonds. The van der Waals surface area contributed by atoms with Gasteiger partial charge in [0.1, 0.15) is 12.2 Å². The van der Waals surface area contributed by atoms with Crippen LogP contribution < -0.4 is 10.9 Å². The summed E-state index contributed by atoms with van der Waals surface area (Å²) in [6.45, 7) is 0.346. The maximum Gasteiger partial charge on any atom is 0.267 e. The zero-order chi connectivity index (χ0) is 16.8. The summed E-state index contributed by atoms with van der Waals surface area (Å²) < 4.78 is 6.37. The number of hydrogen-bond acceptors (Lipinski definition) is 5. The summed E-state index contributed by atoms with van der Waals surface area (Å²) in [5, 5.41) is 6.94. The molecule has 0 aliphatic carbocycles. The van der Waals surface area contributed by atoms with Crippen LogP contribution in [0.2, 0.25) is 0 Å². The van der Waals surface area contributed by atoms with Crippen molar-refractivity contribution in [2.24, 2.45) is 0 Å². The highest BCUT2D eigenvalue weighted by Crippen LogP contribution is 2.14. The predicted molar refractivity (Wildman–Crippen MR) is 87.1 cm³/mol.